The van der Waals surface area contributed by atoms with E-state index in [0.29, 0.717) is 0 Å². The Labute approximate surface area is 85.3 Å². The predicted octanol–water partition coefficient (Wildman–Crippen LogP) is 3.67. The van der Waals surface area contributed by atoms with Crippen molar-refractivity contribution < 1.29 is 0 Å². The van der Waals surface area contributed by atoms with E-state index in [1.165, 1.54) is 11.1 Å². The zero-order valence-electron chi connectivity index (χ0n) is 8.19. The third kappa shape index (κ3) is 2.46. The molecule has 0 saturated heterocycles. The smallest absolute Gasteiger partial charge is 0.00915 e. The molecule has 0 unspecified atom stereocenters. The maximum Gasteiger partial charge on any atom is -0.00915 e. The fraction of sp³-hybridized carbons (Fsp3) is 0.143. The van der Waals surface area contributed by atoms with Gasteiger partial charge in [-0.3, -0.25) is 0 Å². The number of rotatable bonds is 2. The van der Waals surface area contributed by atoms with Gasteiger partial charge in [0.25, 0.3) is 0 Å². The summed E-state index contributed by atoms with van der Waals surface area (Å²) in [6.07, 6.45) is 13.0. The van der Waals surface area contributed by atoms with Gasteiger partial charge in [-0.1, -0.05) is 60.7 Å². The number of allylic oxidation sites excluding steroid dienone is 6. The number of hydrogen-bond donors (Lipinski definition) is 0. The number of hydrogen-bond acceptors (Lipinski definition) is 0. The summed E-state index contributed by atoms with van der Waals surface area (Å²) in [6, 6.07) is 10.6. The van der Waals surface area contributed by atoms with Crippen LogP contribution in [-0.2, 0) is 6.42 Å². The Morgan fingerprint density at radius 2 is 1.93 bits per heavy atom. The summed E-state index contributed by atoms with van der Waals surface area (Å²) in [4.78, 5) is 0. The van der Waals surface area contributed by atoms with Crippen LogP contribution >= 0.6 is 0 Å². The van der Waals surface area contributed by atoms with Crippen LogP contribution in [0.15, 0.2) is 66.3 Å². The van der Waals surface area contributed by atoms with E-state index in [9.17, 15) is 0 Å². The van der Waals surface area contributed by atoms with Gasteiger partial charge in [0.2, 0.25) is 0 Å². The Hall–Kier alpha value is -1.56. The average Bonchev–Trinajstić information content (AvgIpc) is 2.29. The average molecular weight is 182 g/mol. The molecule has 0 radical (unpaired) electrons. The van der Waals surface area contributed by atoms with Gasteiger partial charge >= 0.3 is 0 Å². The lowest BCUT2D eigenvalue weighted by Gasteiger charge is -2.02. The van der Waals surface area contributed by atoms with Crippen molar-refractivity contribution >= 4 is 0 Å². The third-order valence-electron chi connectivity index (χ3n) is 2.35. The highest BCUT2D eigenvalue weighted by Gasteiger charge is 1.93. The highest BCUT2D eigenvalue weighted by atomic mass is 14.0. The van der Waals surface area contributed by atoms with E-state index in [4.69, 9.17) is 0 Å². The molecule has 0 amide bonds. The standard InChI is InChI=1S/C14H14/c1-3-7-13(8-4-1)11-12-14-9-5-2-6-10-14/h1-9,12H,10-11H2/b14-12-. The summed E-state index contributed by atoms with van der Waals surface area (Å²) in [5.41, 5.74) is 2.79. The molecule has 2 rings (SSSR count). The Morgan fingerprint density at radius 1 is 1.07 bits per heavy atom. The second kappa shape index (κ2) is 4.61. The second-order valence-electron chi connectivity index (χ2n) is 3.46. The Bertz CT molecular complexity index is 366. The quantitative estimate of drug-likeness (QED) is 0.654. The summed E-state index contributed by atoms with van der Waals surface area (Å²) in [7, 11) is 0. The molecule has 1 aromatic carbocycles. The molecule has 70 valence electrons. The van der Waals surface area contributed by atoms with Crippen molar-refractivity contribution in [1.29, 1.82) is 0 Å². The maximum atomic E-state index is 2.30. The summed E-state index contributed by atoms with van der Waals surface area (Å²) in [5, 5.41) is 0. The van der Waals surface area contributed by atoms with E-state index in [1.807, 2.05) is 0 Å². The van der Waals surface area contributed by atoms with E-state index in [-0.39, 0.29) is 0 Å². The maximum absolute atomic E-state index is 2.30. The van der Waals surface area contributed by atoms with Crippen LogP contribution in [0.1, 0.15) is 12.0 Å². The number of benzene rings is 1. The van der Waals surface area contributed by atoms with Gasteiger partial charge in [0, 0.05) is 0 Å². The largest absolute Gasteiger partial charge is 0.0801 e. The lowest BCUT2D eigenvalue weighted by molar-refractivity contribution is 1.18. The molecule has 0 nitrogen and oxygen atoms in total. The van der Waals surface area contributed by atoms with Crippen LogP contribution in [0.25, 0.3) is 0 Å². The fourth-order valence-corrected chi connectivity index (χ4v) is 1.54. The Morgan fingerprint density at radius 3 is 2.64 bits per heavy atom. The first kappa shape index (κ1) is 9.01. The van der Waals surface area contributed by atoms with Crippen LogP contribution in [-0.4, -0.2) is 0 Å². The molecule has 0 saturated carbocycles. The van der Waals surface area contributed by atoms with E-state index in [2.05, 4.69) is 60.7 Å². The molecule has 0 heterocycles. The van der Waals surface area contributed by atoms with Gasteiger partial charge in [-0.2, -0.15) is 0 Å². The van der Waals surface area contributed by atoms with E-state index < -0.39 is 0 Å². The summed E-state index contributed by atoms with van der Waals surface area (Å²) < 4.78 is 0. The first-order chi connectivity index (χ1) is 6.95. The van der Waals surface area contributed by atoms with Gasteiger partial charge in [-0.15, -0.1) is 0 Å². The molecule has 0 heteroatoms. The molecule has 0 fully saturated rings. The van der Waals surface area contributed by atoms with Crippen molar-refractivity contribution in [3.05, 3.63) is 71.8 Å². The van der Waals surface area contributed by atoms with Crippen molar-refractivity contribution in [3.8, 4) is 0 Å². The predicted molar refractivity (Wildman–Crippen MR) is 61.1 cm³/mol. The van der Waals surface area contributed by atoms with E-state index in [0.717, 1.165) is 12.8 Å². The molecule has 0 aliphatic heterocycles. The first-order valence-electron chi connectivity index (χ1n) is 5.01. The molecule has 1 aliphatic carbocycles. The monoisotopic (exact) mass is 182 g/mol. The molecule has 0 aromatic heterocycles. The second-order valence-corrected chi connectivity index (χ2v) is 3.46. The van der Waals surface area contributed by atoms with Crippen molar-refractivity contribution in [2.24, 2.45) is 0 Å². The van der Waals surface area contributed by atoms with Crippen LogP contribution in [0, 0.1) is 0 Å². The molecule has 0 spiro atoms. The molecule has 14 heavy (non-hydrogen) atoms. The zero-order valence-corrected chi connectivity index (χ0v) is 8.19. The third-order valence-corrected chi connectivity index (χ3v) is 2.35. The Kier molecular flexibility index (Phi) is 2.97. The van der Waals surface area contributed by atoms with Crippen LogP contribution in [0.5, 0.6) is 0 Å². The first-order valence-corrected chi connectivity index (χ1v) is 5.01. The van der Waals surface area contributed by atoms with E-state index >= 15 is 0 Å². The molecular weight excluding hydrogens is 168 g/mol. The normalized spacial score (nSPS) is 17.6. The van der Waals surface area contributed by atoms with Crippen molar-refractivity contribution in [2.45, 2.75) is 12.8 Å². The lowest BCUT2D eigenvalue weighted by Crippen LogP contribution is -1.84. The minimum absolute atomic E-state index is 1.04. The van der Waals surface area contributed by atoms with Crippen molar-refractivity contribution in [2.75, 3.05) is 0 Å². The molecule has 0 bridgehead atoms. The van der Waals surface area contributed by atoms with Gasteiger partial charge in [-0.05, 0) is 24.0 Å². The van der Waals surface area contributed by atoms with Crippen LogP contribution < -0.4 is 0 Å². The molecule has 1 aliphatic rings. The van der Waals surface area contributed by atoms with E-state index in [1.54, 1.807) is 0 Å². The fourth-order valence-electron chi connectivity index (χ4n) is 1.54. The van der Waals surface area contributed by atoms with Crippen molar-refractivity contribution in [3.63, 3.8) is 0 Å². The van der Waals surface area contributed by atoms with Crippen LogP contribution in [0.4, 0.5) is 0 Å². The summed E-state index contributed by atoms with van der Waals surface area (Å²) in [6.45, 7) is 0. The summed E-state index contributed by atoms with van der Waals surface area (Å²) >= 11 is 0. The van der Waals surface area contributed by atoms with Gasteiger partial charge in [0.15, 0.2) is 0 Å². The Balaban J connectivity index is 2.00. The highest BCUT2D eigenvalue weighted by Crippen LogP contribution is 2.11. The highest BCUT2D eigenvalue weighted by molar-refractivity contribution is 5.31. The van der Waals surface area contributed by atoms with Gasteiger partial charge in [-0.25, -0.2) is 0 Å². The minimum Gasteiger partial charge on any atom is -0.0801 e. The topological polar surface area (TPSA) is 0 Å². The van der Waals surface area contributed by atoms with Gasteiger partial charge in [0.05, 0.1) is 0 Å². The van der Waals surface area contributed by atoms with Crippen molar-refractivity contribution in [1.82, 2.24) is 0 Å². The van der Waals surface area contributed by atoms with Gasteiger partial charge < -0.3 is 0 Å². The SMILES string of the molecule is C1=CC/C(=C\Cc2ccccc2)C=C1. The van der Waals surface area contributed by atoms with Crippen LogP contribution in [0.2, 0.25) is 0 Å². The molecule has 1 aromatic rings. The molecule has 0 N–H and O–H groups in total. The zero-order chi connectivity index (χ0) is 9.64. The van der Waals surface area contributed by atoms with Gasteiger partial charge in [0.1, 0.15) is 0 Å². The summed E-state index contributed by atoms with van der Waals surface area (Å²) in [5.74, 6) is 0. The lowest BCUT2D eigenvalue weighted by atomic mass is 10.0. The minimum atomic E-state index is 1.04. The van der Waals surface area contributed by atoms with Crippen LogP contribution in [0.3, 0.4) is 0 Å². The molecule has 0 atom stereocenters. The molecular formula is C14H14.